The Morgan fingerprint density at radius 2 is 1.56 bits per heavy atom. The lowest BCUT2D eigenvalue weighted by atomic mass is 10.0. The molecule has 7 nitrogen and oxygen atoms in total. The number of carbonyl (C=O) groups excluding carboxylic acids is 3. The largest absolute Gasteiger partial charge is 0.497 e. The van der Waals surface area contributed by atoms with E-state index >= 15 is 0 Å². The van der Waals surface area contributed by atoms with Crippen molar-refractivity contribution >= 4 is 34.8 Å². The number of fused-ring (bicyclic) bond motifs is 1. The second kappa shape index (κ2) is 9.02. The number of amides is 3. The fourth-order valence-electron chi connectivity index (χ4n) is 4.48. The van der Waals surface area contributed by atoms with Crippen LogP contribution in [0.15, 0.2) is 72.8 Å². The van der Waals surface area contributed by atoms with Crippen LogP contribution < -0.4 is 19.4 Å². The van der Waals surface area contributed by atoms with E-state index in [1.54, 1.807) is 52.1 Å². The zero-order valence-electron chi connectivity index (χ0n) is 18.9. The summed E-state index contributed by atoms with van der Waals surface area (Å²) in [5.41, 5.74) is 2.95. The van der Waals surface area contributed by atoms with Gasteiger partial charge >= 0.3 is 0 Å². The molecule has 2 heterocycles. The number of carbonyl (C=O) groups is 3. The molecule has 1 saturated heterocycles. The normalized spacial score (nSPS) is 15.9. The summed E-state index contributed by atoms with van der Waals surface area (Å²) in [6.45, 7) is 0.779. The number of piperidine rings is 1. The van der Waals surface area contributed by atoms with E-state index < -0.39 is 0 Å². The molecule has 0 radical (unpaired) electrons. The number of hydrogen-bond acceptors (Lipinski definition) is 4. The predicted molar refractivity (Wildman–Crippen MR) is 131 cm³/mol. The lowest BCUT2D eigenvalue weighted by Crippen LogP contribution is -2.49. The molecule has 2 aliphatic heterocycles. The first-order valence-electron chi connectivity index (χ1n) is 11.3. The number of rotatable bonds is 4. The van der Waals surface area contributed by atoms with Crippen molar-refractivity contribution in [3.63, 3.8) is 0 Å². The zero-order chi connectivity index (χ0) is 23.7. The SMILES string of the molecule is COc1ccc2c(c1)C(=O)N(c1ccc(N3CCCCC3=O)cc1)CN2C(=O)c1ccccc1. The van der Waals surface area contributed by atoms with E-state index in [4.69, 9.17) is 4.74 Å². The van der Waals surface area contributed by atoms with Crippen LogP contribution in [0.4, 0.5) is 17.1 Å². The van der Waals surface area contributed by atoms with E-state index in [1.165, 1.54) is 0 Å². The minimum atomic E-state index is -0.215. The highest BCUT2D eigenvalue weighted by Crippen LogP contribution is 2.35. The first-order chi connectivity index (χ1) is 16.6. The molecule has 0 aromatic heterocycles. The summed E-state index contributed by atoms with van der Waals surface area (Å²) in [4.78, 5) is 44.2. The third-order valence-electron chi connectivity index (χ3n) is 6.32. The summed E-state index contributed by atoms with van der Waals surface area (Å²) in [5.74, 6) is 0.251. The van der Waals surface area contributed by atoms with Crippen molar-refractivity contribution in [3.8, 4) is 5.75 Å². The lowest BCUT2D eigenvalue weighted by molar-refractivity contribution is -0.119. The van der Waals surface area contributed by atoms with E-state index in [-0.39, 0.29) is 24.4 Å². The molecular formula is C27H25N3O4. The van der Waals surface area contributed by atoms with Crippen molar-refractivity contribution in [3.05, 3.63) is 83.9 Å². The third-order valence-corrected chi connectivity index (χ3v) is 6.32. The Morgan fingerprint density at radius 1 is 0.853 bits per heavy atom. The van der Waals surface area contributed by atoms with Gasteiger partial charge in [-0.1, -0.05) is 18.2 Å². The van der Waals surface area contributed by atoms with E-state index in [1.807, 2.05) is 42.5 Å². The van der Waals surface area contributed by atoms with Gasteiger partial charge in [0, 0.05) is 29.9 Å². The van der Waals surface area contributed by atoms with Gasteiger partial charge in [-0.05, 0) is 67.4 Å². The standard InChI is InChI=1S/C27H25N3O4/c1-34-22-14-15-24-23(17-22)27(33)29(18-30(24)26(32)19-7-3-2-4-8-19)21-12-10-20(11-13-21)28-16-6-5-9-25(28)31/h2-4,7-8,10-15,17H,5-6,9,16,18H2,1H3. The monoisotopic (exact) mass is 455 g/mol. The lowest BCUT2D eigenvalue weighted by Gasteiger charge is -2.37. The highest BCUT2D eigenvalue weighted by atomic mass is 16.5. The summed E-state index contributed by atoms with van der Waals surface area (Å²) in [6, 6.07) is 21.5. The van der Waals surface area contributed by atoms with E-state index in [0.29, 0.717) is 41.2 Å². The molecule has 3 aromatic rings. The Balaban J connectivity index is 1.51. The van der Waals surface area contributed by atoms with Gasteiger partial charge in [0.15, 0.2) is 0 Å². The van der Waals surface area contributed by atoms with Gasteiger partial charge in [-0.3, -0.25) is 24.2 Å². The van der Waals surface area contributed by atoms with E-state index in [2.05, 4.69) is 0 Å². The maximum atomic E-state index is 13.5. The topological polar surface area (TPSA) is 70.2 Å². The van der Waals surface area contributed by atoms with Crippen molar-refractivity contribution < 1.29 is 19.1 Å². The van der Waals surface area contributed by atoms with Crippen LogP contribution in [0, 0.1) is 0 Å². The summed E-state index contributed by atoms with van der Waals surface area (Å²) in [6.07, 6.45) is 2.46. The molecule has 3 amide bonds. The average molecular weight is 456 g/mol. The van der Waals surface area contributed by atoms with Crippen LogP contribution in [0.1, 0.15) is 40.0 Å². The van der Waals surface area contributed by atoms with Crippen molar-refractivity contribution in [2.24, 2.45) is 0 Å². The number of hydrogen-bond donors (Lipinski definition) is 0. The summed E-state index contributed by atoms with van der Waals surface area (Å²) < 4.78 is 5.33. The molecule has 34 heavy (non-hydrogen) atoms. The van der Waals surface area contributed by atoms with Crippen LogP contribution >= 0.6 is 0 Å². The van der Waals surface area contributed by atoms with Crippen LogP contribution in [0.2, 0.25) is 0 Å². The van der Waals surface area contributed by atoms with Crippen LogP contribution in [0.25, 0.3) is 0 Å². The van der Waals surface area contributed by atoms with Crippen LogP contribution in [-0.4, -0.2) is 38.0 Å². The molecule has 0 unspecified atom stereocenters. The summed E-state index contributed by atoms with van der Waals surface area (Å²) in [5, 5.41) is 0. The molecule has 2 aliphatic rings. The minimum Gasteiger partial charge on any atom is -0.497 e. The maximum absolute atomic E-state index is 13.5. The number of nitrogens with zero attached hydrogens (tertiary/aromatic N) is 3. The second-order valence-corrected chi connectivity index (χ2v) is 8.38. The highest BCUT2D eigenvalue weighted by molar-refractivity contribution is 6.18. The Kier molecular flexibility index (Phi) is 5.76. The molecule has 0 N–H and O–H groups in total. The van der Waals surface area contributed by atoms with Gasteiger partial charge in [0.05, 0.1) is 18.4 Å². The van der Waals surface area contributed by atoms with Gasteiger partial charge in [0.1, 0.15) is 12.4 Å². The zero-order valence-corrected chi connectivity index (χ0v) is 18.9. The Hall–Kier alpha value is -4.13. The first kappa shape index (κ1) is 21.7. The second-order valence-electron chi connectivity index (χ2n) is 8.38. The van der Waals surface area contributed by atoms with Crippen molar-refractivity contribution in [2.45, 2.75) is 19.3 Å². The molecular weight excluding hydrogens is 430 g/mol. The number of benzene rings is 3. The molecule has 3 aromatic carbocycles. The number of ether oxygens (including phenoxy) is 1. The fraction of sp³-hybridized carbons (Fsp3) is 0.222. The Bertz CT molecular complexity index is 1240. The van der Waals surface area contributed by atoms with Crippen LogP contribution in [0.5, 0.6) is 5.75 Å². The van der Waals surface area contributed by atoms with Gasteiger partial charge in [-0.25, -0.2) is 0 Å². The summed E-state index contributed by atoms with van der Waals surface area (Å²) in [7, 11) is 1.54. The molecule has 0 bridgehead atoms. The van der Waals surface area contributed by atoms with E-state index in [0.717, 1.165) is 18.5 Å². The van der Waals surface area contributed by atoms with Crippen LogP contribution in [-0.2, 0) is 4.79 Å². The molecule has 0 atom stereocenters. The van der Waals surface area contributed by atoms with Gasteiger partial charge in [0.25, 0.3) is 11.8 Å². The molecule has 172 valence electrons. The Labute approximate surface area is 198 Å². The van der Waals surface area contributed by atoms with Gasteiger partial charge < -0.3 is 9.64 Å². The highest BCUT2D eigenvalue weighted by Gasteiger charge is 2.34. The molecule has 7 heteroatoms. The van der Waals surface area contributed by atoms with Gasteiger partial charge in [0.2, 0.25) is 5.91 Å². The third kappa shape index (κ3) is 3.90. The molecule has 0 spiro atoms. The minimum absolute atomic E-state index is 0.0773. The predicted octanol–water partition coefficient (Wildman–Crippen LogP) is 4.48. The molecule has 0 aliphatic carbocycles. The van der Waals surface area contributed by atoms with Crippen molar-refractivity contribution in [1.82, 2.24) is 0 Å². The Morgan fingerprint density at radius 3 is 2.24 bits per heavy atom. The van der Waals surface area contributed by atoms with Crippen molar-refractivity contribution in [2.75, 3.05) is 35.0 Å². The summed E-state index contributed by atoms with van der Waals surface area (Å²) >= 11 is 0. The first-order valence-corrected chi connectivity index (χ1v) is 11.3. The fourth-order valence-corrected chi connectivity index (χ4v) is 4.48. The average Bonchev–Trinajstić information content (AvgIpc) is 2.89. The van der Waals surface area contributed by atoms with Gasteiger partial charge in [-0.15, -0.1) is 0 Å². The maximum Gasteiger partial charge on any atom is 0.262 e. The van der Waals surface area contributed by atoms with Gasteiger partial charge in [-0.2, -0.15) is 0 Å². The molecule has 0 saturated carbocycles. The molecule has 1 fully saturated rings. The van der Waals surface area contributed by atoms with Crippen molar-refractivity contribution in [1.29, 1.82) is 0 Å². The number of methoxy groups -OCH3 is 1. The molecule has 5 rings (SSSR count). The smallest absolute Gasteiger partial charge is 0.262 e. The number of anilines is 3. The van der Waals surface area contributed by atoms with E-state index in [9.17, 15) is 14.4 Å². The van der Waals surface area contributed by atoms with Crippen LogP contribution in [0.3, 0.4) is 0 Å². The quantitative estimate of drug-likeness (QED) is 0.582.